The van der Waals surface area contributed by atoms with E-state index in [2.05, 4.69) is 15.2 Å². The van der Waals surface area contributed by atoms with E-state index in [0.717, 1.165) is 23.0 Å². The van der Waals surface area contributed by atoms with Crippen molar-refractivity contribution < 1.29 is 17.6 Å². The number of fused-ring (bicyclic) bond motifs is 3. The van der Waals surface area contributed by atoms with E-state index in [-0.39, 0.29) is 5.56 Å². The van der Waals surface area contributed by atoms with Crippen LogP contribution in [-0.4, -0.2) is 25.6 Å². The molecule has 0 saturated heterocycles. The van der Waals surface area contributed by atoms with Gasteiger partial charge in [-0.3, -0.25) is 0 Å². The first-order chi connectivity index (χ1) is 13.5. The van der Waals surface area contributed by atoms with Crippen LogP contribution < -0.4 is 5.73 Å². The van der Waals surface area contributed by atoms with Gasteiger partial charge in [-0.2, -0.15) is 0 Å². The van der Waals surface area contributed by atoms with Crippen LogP contribution in [0, 0.1) is 17.5 Å². The van der Waals surface area contributed by atoms with Crippen LogP contribution in [0.25, 0.3) is 17.1 Å². The minimum Gasteiger partial charge on any atom is -0.423 e. The van der Waals surface area contributed by atoms with Crippen LogP contribution in [0.1, 0.15) is 22.9 Å². The highest BCUT2D eigenvalue weighted by Gasteiger charge is 2.33. The average molecular weight is 385 g/mol. The molecule has 0 saturated carbocycles. The van der Waals surface area contributed by atoms with Crippen molar-refractivity contribution in [1.29, 1.82) is 0 Å². The molecule has 0 aliphatic heterocycles. The molecular formula is C19H14F3N5O. The van der Waals surface area contributed by atoms with E-state index in [4.69, 9.17) is 10.2 Å². The van der Waals surface area contributed by atoms with E-state index < -0.39 is 29.4 Å². The molecule has 0 amide bonds. The van der Waals surface area contributed by atoms with E-state index in [9.17, 15) is 13.2 Å². The molecule has 3 aromatic heterocycles. The highest BCUT2D eigenvalue weighted by atomic mass is 19.2. The highest BCUT2D eigenvalue weighted by Crippen LogP contribution is 2.35. The van der Waals surface area contributed by atoms with Gasteiger partial charge in [0.2, 0.25) is 12.3 Å². The van der Waals surface area contributed by atoms with Crippen LogP contribution in [0.5, 0.6) is 0 Å². The Morgan fingerprint density at radius 2 is 1.89 bits per heavy atom. The normalized spacial score (nSPS) is 19.1. The summed E-state index contributed by atoms with van der Waals surface area (Å²) in [5.74, 6) is -3.23. The largest absolute Gasteiger partial charge is 0.423 e. The maximum absolute atomic E-state index is 14.3. The van der Waals surface area contributed by atoms with Crippen LogP contribution in [0.4, 0.5) is 13.2 Å². The Kier molecular flexibility index (Phi) is 3.73. The van der Waals surface area contributed by atoms with Crippen LogP contribution in [0.2, 0.25) is 0 Å². The van der Waals surface area contributed by atoms with Crippen LogP contribution >= 0.6 is 0 Å². The second kappa shape index (κ2) is 6.16. The lowest BCUT2D eigenvalue weighted by molar-refractivity contribution is 0.446. The quantitative estimate of drug-likeness (QED) is 0.537. The van der Waals surface area contributed by atoms with Crippen LogP contribution in [0.15, 0.2) is 41.3 Å². The molecule has 2 atom stereocenters. The molecule has 3 heterocycles. The van der Waals surface area contributed by atoms with E-state index in [1.54, 1.807) is 0 Å². The molecule has 0 radical (unpaired) electrons. The van der Waals surface area contributed by atoms with Crippen LogP contribution in [0.3, 0.4) is 0 Å². The Balaban J connectivity index is 1.56. The fraction of sp³-hybridized carbons (Fsp3) is 0.211. The highest BCUT2D eigenvalue weighted by molar-refractivity contribution is 5.60. The molecule has 4 aromatic rings. The number of rotatable bonds is 2. The standard InChI is InChI=1S/C19H14F3N5O/c20-12-6-14(22)13(21)4-10(12)11-5-16-17(7-15(11)23)27-2-1-9(3-18(27)25-16)19-26-24-8-28-19/h1-4,6,8,11,15H,5,7,23H2/t11-,15+/m1/s1. The van der Waals surface area contributed by atoms with Gasteiger partial charge < -0.3 is 14.6 Å². The van der Waals surface area contributed by atoms with Gasteiger partial charge in [0.1, 0.15) is 11.5 Å². The van der Waals surface area contributed by atoms with E-state index in [0.29, 0.717) is 30.4 Å². The number of nitrogens with zero attached hydrogens (tertiary/aromatic N) is 4. The molecule has 6 nitrogen and oxygen atoms in total. The lowest BCUT2D eigenvalue weighted by Gasteiger charge is -2.29. The number of aromatic nitrogens is 4. The summed E-state index contributed by atoms with van der Waals surface area (Å²) >= 11 is 0. The van der Waals surface area contributed by atoms with E-state index in [1.807, 2.05) is 22.7 Å². The zero-order chi connectivity index (χ0) is 19.4. The smallest absolute Gasteiger partial charge is 0.247 e. The Labute approximate surface area is 156 Å². The van der Waals surface area contributed by atoms with E-state index >= 15 is 0 Å². The van der Waals surface area contributed by atoms with Gasteiger partial charge in [0, 0.05) is 41.9 Å². The minimum absolute atomic E-state index is 0.0701. The second-order valence-corrected chi connectivity index (χ2v) is 6.86. The SMILES string of the molecule is N[C@H]1Cc2c(nc3cc(-c4nnco4)ccn23)C[C@@H]1c1cc(F)c(F)cc1F. The number of benzene rings is 1. The Bertz CT molecular complexity index is 1190. The molecule has 0 unspecified atom stereocenters. The van der Waals surface area contributed by atoms with Crippen molar-refractivity contribution in [2.24, 2.45) is 5.73 Å². The summed E-state index contributed by atoms with van der Waals surface area (Å²) < 4.78 is 48.3. The van der Waals surface area contributed by atoms with Gasteiger partial charge in [-0.15, -0.1) is 10.2 Å². The summed E-state index contributed by atoms with van der Waals surface area (Å²) in [4.78, 5) is 4.63. The molecule has 9 heteroatoms. The van der Waals surface area contributed by atoms with E-state index in [1.165, 1.54) is 6.39 Å². The molecule has 142 valence electrons. The molecule has 1 aliphatic rings. The third-order valence-corrected chi connectivity index (χ3v) is 5.21. The molecule has 0 bridgehead atoms. The molecule has 1 aromatic carbocycles. The fourth-order valence-corrected chi connectivity index (χ4v) is 3.84. The van der Waals surface area contributed by atoms with Crippen molar-refractivity contribution in [1.82, 2.24) is 19.6 Å². The summed E-state index contributed by atoms with van der Waals surface area (Å²) in [7, 11) is 0. The topological polar surface area (TPSA) is 82.2 Å². The number of halogens is 3. The van der Waals surface area contributed by atoms with Crippen molar-refractivity contribution in [2.45, 2.75) is 24.8 Å². The van der Waals surface area contributed by atoms with Gasteiger partial charge in [0.05, 0.1) is 5.69 Å². The van der Waals surface area contributed by atoms with Crippen LogP contribution in [-0.2, 0) is 12.8 Å². The number of pyridine rings is 1. The predicted molar refractivity (Wildman–Crippen MR) is 92.9 cm³/mol. The molecule has 28 heavy (non-hydrogen) atoms. The molecule has 0 spiro atoms. The van der Waals surface area contributed by atoms with Gasteiger partial charge in [-0.1, -0.05) is 0 Å². The zero-order valence-electron chi connectivity index (χ0n) is 14.4. The molecular weight excluding hydrogens is 371 g/mol. The third-order valence-electron chi connectivity index (χ3n) is 5.21. The average Bonchev–Trinajstić information content (AvgIpc) is 3.31. The second-order valence-electron chi connectivity index (χ2n) is 6.86. The summed E-state index contributed by atoms with van der Waals surface area (Å²) in [6.45, 7) is 0. The zero-order valence-corrected chi connectivity index (χ0v) is 14.4. The van der Waals surface area contributed by atoms with Gasteiger partial charge in [-0.05, 0) is 30.2 Å². The van der Waals surface area contributed by atoms with Crippen molar-refractivity contribution in [3.8, 4) is 11.5 Å². The third kappa shape index (κ3) is 2.58. The number of hydrogen-bond acceptors (Lipinski definition) is 5. The van der Waals surface area contributed by atoms with Crippen molar-refractivity contribution in [2.75, 3.05) is 0 Å². The lowest BCUT2D eigenvalue weighted by atomic mass is 9.80. The monoisotopic (exact) mass is 385 g/mol. The molecule has 1 aliphatic carbocycles. The Hall–Kier alpha value is -3.20. The number of nitrogens with two attached hydrogens (primary N) is 1. The van der Waals surface area contributed by atoms with Gasteiger partial charge in [-0.25, -0.2) is 18.2 Å². The van der Waals surface area contributed by atoms with Gasteiger partial charge in [0.25, 0.3) is 0 Å². The minimum atomic E-state index is -1.22. The first kappa shape index (κ1) is 16.9. The van der Waals surface area contributed by atoms with Crippen molar-refractivity contribution in [3.05, 3.63) is 71.3 Å². The summed E-state index contributed by atoms with van der Waals surface area (Å²) in [5.41, 5.74) is 9.41. The number of imidazole rings is 1. The summed E-state index contributed by atoms with van der Waals surface area (Å²) in [6.07, 6.45) is 3.84. The first-order valence-corrected chi connectivity index (χ1v) is 8.67. The fourth-order valence-electron chi connectivity index (χ4n) is 3.84. The van der Waals surface area contributed by atoms with Crippen molar-refractivity contribution in [3.63, 3.8) is 0 Å². The van der Waals surface area contributed by atoms with Gasteiger partial charge >= 0.3 is 0 Å². The first-order valence-electron chi connectivity index (χ1n) is 8.67. The molecule has 5 rings (SSSR count). The summed E-state index contributed by atoms with van der Waals surface area (Å²) in [5, 5.41) is 7.55. The van der Waals surface area contributed by atoms with Gasteiger partial charge in [0.15, 0.2) is 11.6 Å². The maximum atomic E-state index is 14.3. The maximum Gasteiger partial charge on any atom is 0.247 e. The molecule has 2 N–H and O–H groups in total. The Morgan fingerprint density at radius 3 is 2.68 bits per heavy atom. The summed E-state index contributed by atoms with van der Waals surface area (Å²) in [6, 6.07) is 4.64. The predicted octanol–water partition coefficient (Wildman–Crippen LogP) is 3.01. The lowest BCUT2D eigenvalue weighted by Crippen LogP contribution is -2.37. The van der Waals surface area contributed by atoms with Crippen molar-refractivity contribution >= 4 is 5.65 Å². The Morgan fingerprint density at radius 1 is 1.07 bits per heavy atom. The molecule has 0 fully saturated rings. The number of hydrogen-bond donors (Lipinski definition) is 1.